The molecular formula is C37H38N4. The molecule has 4 heteroatoms. The first-order chi connectivity index (χ1) is 20.3. The molecule has 3 aromatic carbocycles. The van der Waals surface area contributed by atoms with E-state index in [0.717, 1.165) is 37.5 Å². The minimum absolute atomic E-state index is 0.470. The molecule has 9 rings (SSSR count). The van der Waals surface area contributed by atoms with Gasteiger partial charge in [0.05, 0.1) is 5.69 Å². The van der Waals surface area contributed by atoms with Gasteiger partial charge in [0.1, 0.15) is 0 Å². The molecule has 4 heterocycles. The third-order valence-corrected chi connectivity index (χ3v) is 10.8. The van der Waals surface area contributed by atoms with Crippen molar-refractivity contribution >= 4 is 22.7 Å². The average Bonchev–Trinajstić information content (AvgIpc) is 3.86. The normalized spacial score (nSPS) is 27.7. The Morgan fingerprint density at radius 3 is 2.07 bits per heavy atom. The number of hydrogen-bond donors (Lipinski definition) is 2. The van der Waals surface area contributed by atoms with Crippen LogP contribution in [0.15, 0.2) is 70.8 Å². The van der Waals surface area contributed by atoms with E-state index >= 15 is 0 Å². The predicted molar refractivity (Wildman–Crippen MR) is 170 cm³/mol. The van der Waals surface area contributed by atoms with E-state index in [4.69, 9.17) is 9.98 Å². The molecule has 0 amide bonds. The molecule has 1 saturated carbocycles. The molecule has 2 N–H and O–H groups in total. The Bertz CT molecular complexity index is 1630. The summed E-state index contributed by atoms with van der Waals surface area (Å²) in [5.74, 6) is 1.43. The van der Waals surface area contributed by atoms with Crippen LogP contribution in [0.3, 0.4) is 0 Å². The number of nitrogens with zero attached hydrogens (tertiary/aromatic N) is 2. The number of nitrogens with one attached hydrogen (secondary N) is 2. The lowest BCUT2D eigenvalue weighted by atomic mass is 9.80. The van der Waals surface area contributed by atoms with Gasteiger partial charge in [-0.25, -0.2) is 0 Å². The first kappa shape index (κ1) is 24.3. The Labute approximate surface area is 243 Å². The third kappa shape index (κ3) is 4.02. The summed E-state index contributed by atoms with van der Waals surface area (Å²) < 4.78 is 0. The summed E-state index contributed by atoms with van der Waals surface area (Å²) >= 11 is 0. The molecule has 2 saturated heterocycles. The van der Waals surface area contributed by atoms with Crippen LogP contribution in [-0.2, 0) is 6.42 Å². The monoisotopic (exact) mass is 538 g/mol. The van der Waals surface area contributed by atoms with E-state index in [-0.39, 0.29) is 0 Å². The summed E-state index contributed by atoms with van der Waals surface area (Å²) in [7, 11) is 0. The van der Waals surface area contributed by atoms with Crippen molar-refractivity contribution in [3.8, 4) is 22.3 Å². The summed E-state index contributed by atoms with van der Waals surface area (Å²) in [6, 6.07) is 22.0. The highest BCUT2D eigenvalue weighted by molar-refractivity contribution is 6.02. The summed E-state index contributed by atoms with van der Waals surface area (Å²) in [6.07, 6.45) is 13.2. The zero-order valence-corrected chi connectivity index (χ0v) is 23.8. The van der Waals surface area contributed by atoms with Crippen LogP contribution in [0, 0.1) is 0 Å². The number of hydrogen-bond acceptors (Lipinski definition) is 4. The van der Waals surface area contributed by atoms with Gasteiger partial charge in [-0.15, -0.1) is 0 Å². The maximum absolute atomic E-state index is 4.97. The SMILES string of the molecule is C1=C(c2ccc(-c3ccc(-c4ccc5c(c4)CC([C@@H]4CCCN4)=N5)cc3)c3c2C2CCC3C2)CC([C@@H]2CCCN2)=N1. The second-order valence-electron chi connectivity index (χ2n) is 13.1. The van der Waals surface area contributed by atoms with E-state index in [1.807, 2.05) is 0 Å². The maximum atomic E-state index is 4.97. The van der Waals surface area contributed by atoms with E-state index in [9.17, 15) is 0 Å². The van der Waals surface area contributed by atoms with Crippen molar-refractivity contribution in [3.05, 3.63) is 83.1 Å². The lowest BCUT2D eigenvalue weighted by Crippen LogP contribution is -2.30. The molecule has 6 aliphatic rings. The Morgan fingerprint density at radius 2 is 1.32 bits per heavy atom. The summed E-state index contributed by atoms with van der Waals surface area (Å²) in [4.78, 5) is 9.88. The van der Waals surface area contributed by atoms with Crippen molar-refractivity contribution < 1.29 is 0 Å². The fourth-order valence-corrected chi connectivity index (χ4v) is 8.77. The molecule has 2 unspecified atom stereocenters. The van der Waals surface area contributed by atoms with E-state index in [2.05, 4.69) is 71.4 Å². The van der Waals surface area contributed by atoms with Gasteiger partial charge in [0.15, 0.2) is 0 Å². The Hall–Kier alpha value is -3.34. The first-order valence-corrected chi connectivity index (χ1v) is 16.0. The summed E-state index contributed by atoms with van der Waals surface area (Å²) in [6.45, 7) is 2.25. The number of fused-ring (bicyclic) bond motifs is 6. The van der Waals surface area contributed by atoms with Gasteiger partial charge in [0, 0.05) is 42.5 Å². The second-order valence-corrected chi connectivity index (χ2v) is 13.1. The van der Waals surface area contributed by atoms with Crippen molar-refractivity contribution in [1.29, 1.82) is 0 Å². The van der Waals surface area contributed by atoms with E-state index in [0.29, 0.717) is 18.0 Å². The molecule has 0 radical (unpaired) electrons. The van der Waals surface area contributed by atoms with Gasteiger partial charge in [0.25, 0.3) is 0 Å². The van der Waals surface area contributed by atoms with Gasteiger partial charge >= 0.3 is 0 Å². The largest absolute Gasteiger partial charge is 0.309 e. The van der Waals surface area contributed by atoms with E-state index < -0.39 is 0 Å². The zero-order chi connectivity index (χ0) is 26.9. The molecule has 3 aromatic rings. The number of allylic oxidation sites excluding steroid dienone is 1. The Morgan fingerprint density at radius 1 is 0.634 bits per heavy atom. The fraction of sp³-hybridized carbons (Fsp3) is 0.405. The van der Waals surface area contributed by atoms with Gasteiger partial charge in [-0.1, -0.05) is 42.5 Å². The standard InChI is InChI=1S/C37H38N4/c1-3-32(38-15-1)34-20-28(21-40-34)30-13-12-29(36-25-9-10-26(18-25)37(30)36)23-7-5-22(6-8-23)24-11-14-31-27(17-24)19-35(41-31)33-4-2-16-39-33/h5-8,11-14,17,21,25-26,32-33,38-39H,1-4,9-10,15-16,18-20H2/t25?,26?,32-,33-/m0/s1. The summed E-state index contributed by atoms with van der Waals surface area (Å²) in [5, 5.41) is 7.27. The van der Waals surface area contributed by atoms with Crippen molar-refractivity contribution in [2.75, 3.05) is 13.1 Å². The number of aliphatic imine (C=N–C) groups is 2. The molecule has 0 spiro atoms. The van der Waals surface area contributed by atoms with Crippen LogP contribution >= 0.6 is 0 Å². The quantitative estimate of drug-likeness (QED) is 0.350. The van der Waals surface area contributed by atoms with Gasteiger partial charge in [-0.3, -0.25) is 9.98 Å². The number of benzene rings is 3. The van der Waals surface area contributed by atoms with Crippen LogP contribution in [-0.4, -0.2) is 36.6 Å². The minimum atomic E-state index is 0.470. The molecule has 41 heavy (non-hydrogen) atoms. The first-order valence-electron chi connectivity index (χ1n) is 16.0. The van der Waals surface area contributed by atoms with Crippen LogP contribution < -0.4 is 10.6 Å². The molecule has 4 nitrogen and oxygen atoms in total. The summed E-state index contributed by atoms with van der Waals surface area (Å²) in [5.41, 5.74) is 16.8. The predicted octanol–water partition coefficient (Wildman–Crippen LogP) is 7.70. The molecule has 2 bridgehead atoms. The highest BCUT2D eigenvalue weighted by Crippen LogP contribution is 2.58. The van der Waals surface area contributed by atoms with Crippen molar-refractivity contribution in [2.24, 2.45) is 9.98 Å². The average molecular weight is 539 g/mol. The molecule has 2 aliphatic carbocycles. The van der Waals surface area contributed by atoms with Crippen LogP contribution in [0.2, 0.25) is 0 Å². The Kier molecular flexibility index (Phi) is 5.69. The van der Waals surface area contributed by atoms with Gasteiger partial charge in [-0.05, 0) is 132 Å². The van der Waals surface area contributed by atoms with Crippen molar-refractivity contribution in [1.82, 2.24) is 10.6 Å². The molecule has 4 atom stereocenters. The van der Waals surface area contributed by atoms with E-state index in [1.165, 1.54) is 95.3 Å². The molecule has 4 aliphatic heterocycles. The third-order valence-electron chi connectivity index (χ3n) is 10.8. The topological polar surface area (TPSA) is 48.8 Å². The van der Waals surface area contributed by atoms with Crippen molar-refractivity contribution in [3.63, 3.8) is 0 Å². The minimum Gasteiger partial charge on any atom is -0.309 e. The van der Waals surface area contributed by atoms with Gasteiger partial charge in [-0.2, -0.15) is 0 Å². The van der Waals surface area contributed by atoms with Gasteiger partial charge in [0.2, 0.25) is 0 Å². The van der Waals surface area contributed by atoms with Crippen molar-refractivity contribution in [2.45, 2.75) is 81.7 Å². The second kappa shape index (κ2) is 9.61. The van der Waals surface area contributed by atoms with E-state index in [1.54, 1.807) is 11.1 Å². The van der Waals surface area contributed by atoms with Crippen LogP contribution in [0.1, 0.15) is 85.5 Å². The van der Waals surface area contributed by atoms with Crippen LogP contribution in [0.4, 0.5) is 5.69 Å². The lowest BCUT2D eigenvalue weighted by Gasteiger charge is -2.23. The highest BCUT2D eigenvalue weighted by atomic mass is 15.0. The van der Waals surface area contributed by atoms with Crippen LogP contribution in [0.25, 0.3) is 27.8 Å². The molecule has 0 aromatic heterocycles. The van der Waals surface area contributed by atoms with Crippen LogP contribution in [0.5, 0.6) is 0 Å². The molecule has 3 fully saturated rings. The maximum Gasteiger partial charge on any atom is 0.0666 e. The lowest BCUT2D eigenvalue weighted by molar-refractivity contribution is 0.717. The molecular weight excluding hydrogens is 500 g/mol. The number of rotatable bonds is 5. The molecule has 206 valence electrons. The Balaban J connectivity index is 0.992. The smallest absolute Gasteiger partial charge is 0.0666 e. The van der Waals surface area contributed by atoms with Gasteiger partial charge < -0.3 is 10.6 Å². The highest BCUT2D eigenvalue weighted by Gasteiger charge is 2.41. The fourth-order valence-electron chi connectivity index (χ4n) is 8.77. The zero-order valence-electron chi connectivity index (χ0n) is 23.8.